The molecule has 0 heterocycles. The second kappa shape index (κ2) is 18.8. The van der Waals surface area contributed by atoms with E-state index in [1.807, 2.05) is 0 Å². The van der Waals surface area contributed by atoms with Gasteiger partial charge in [0.25, 0.3) is 0 Å². The first-order valence-electron chi connectivity index (χ1n) is 7.64. The van der Waals surface area contributed by atoms with Crippen molar-refractivity contribution in [2.24, 2.45) is 0 Å². The molecule has 1 N–H and O–H groups in total. The minimum atomic E-state index is -0.657. The fourth-order valence-electron chi connectivity index (χ4n) is 1.94. The van der Waals surface area contributed by atoms with Crippen molar-refractivity contribution < 1.29 is 14.7 Å². The zero-order valence-electron chi connectivity index (χ0n) is 12.6. The van der Waals surface area contributed by atoms with Crippen LogP contribution in [0.1, 0.15) is 84.0 Å². The predicted molar refractivity (Wildman–Crippen MR) is 92.1 cm³/mol. The van der Waals surface area contributed by atoms with Crippen molar-refractivity contribution in [2.45, 2.75) is 84.0 Å². The Labute approximate surface area is 134 Å². The Bertz CT molecular complexity index is 229. The van der Waals surface area contributed by atoms with Gasteiger partial charge in [0.1, 0.15) is 0 Å². The third-order valence-corrected chi connectivity index (χ3v) is 2.99. The van der Waals surface area contributed by atoms with Crippen LogP contribution >= 0.6 is 25.3 Å². The standard InChI is InChI=1S/C14H28O2.CH2OS2/c1-2-3-4-5-6-7-8-9-10-11-12-13-14(15)16;2-1(3)4/h2-13H2,1H3,(H,15,16);(H2,2,3,4). The van der Waals surface area contributed by atoms with Gasteiger partial charge in [0.15, 0.2) is 0 Å². The molecule has 20 heavy (non-hydrogen) atoms. The van der Waals surface area contributed by atoms with E-state index in [2.05, 4.69) is 32.2 Å². The average molecular weight is 323 g/mol. The van der Waals surface area contributed by atoms with Gasteiger partial charge < -0.3 is 5.11 Å². The van der Waals surface area contributed by atoms with E-state index in [-0.39, 0.29) is 0 Å². The molecule has 0 aromatic rings. The van der Waals surface area contributed by atoms with Crippen LogP contribution in [0.4, 0.5) is 4.79 Å². The summed E-state index contributed by atoms with van der Waals surface area (Å²) in [5.41, 5.74) is 0. The molecule has 0 spiro atoms. The molecule has 5 heteroatoms. The highest BCUT2D eigenvalue weighted by Crippen LogP contribution is 2.11. The number of unbranched alkanes of at least 4 members (excludes halogenated alkanes) is 10. The number of carbonyl (C=O) groups is 2. The monoisotopic (exact) mass is 322 g/mol. The number of thiol groups is 2. The number of carbonyl (C=O) groups excluding carboxylic acids is 1. The summed E-state index contributed by atoms with van der Waals surface area (Å²) in [7, 11) is 0. The van der Waals surface area contributed by atoms with Gasteiger partial charge in [-0.05, 0) is 6.42 Å². The fourth-order valence-corrected chi connectivity index (χ4v) is 1.94. The van der Waals surface area contributed by atoms with Gasteiger partial charge in [0, 0.05) is 6.42 Å². The van der Waals surface area contributed by atoms with Gasteiger partial charge in [-0.2, -0.15) is 0 Å². The average Bonchev–Trinajstić information content (AvgIpc) is 2.35. The first-order valence-corrected chi connectivity index (χ1v) is 8.53. The van der Waals surface area contributed by atoms with E-state index >= 15 is 0 Å². The van der Waals surface area contributed by atoms with E-state index in [0.29, 0.717) is 6.42 Å². The van der Waals surface area contributed by atoms with Crippen molar-refractivity contribution in [3.63, 3.8) is 0 Å². The van der Waals surface area contributed by atoms with Crippen LogP contribution in [-0.4, -0.2) is 15.5 Å². The van der Waals surface area contributed by atoms with Crippen molar-refractivity contribution in [1.29, 1.82) is 0 Å². The van der Waals surface area contributed by atoms with Gasteiger partial charge in [0.05, 0.1) is 0 Å². The molecule has 0 aromatic heterocycles. The largest absolute Gasteiger partial charge is 0.481 e. The molecule has 3 nitrogen and oxygen atoms in total. The lowest BCUT2D eigenvalue weighted by Crippen LogP contribution is -1.93. The van der Waals surface area contributed by atoms with E-state index in [9.17, 15) is 9.59 Å². The maximum atomic E-state index is 10.3. The molecule has 0 saturated heterocycles. The number of aliphatic carboxylic acids is 1. The lowest BCUT2D eigenvalue weighted by Gasteiger charge is -2.01. The first-order chi connectivity index (χ1) is 9.50. The van der Waals surface area contributed by atoms with Crippen LogP contribution in [0.15, 0.2) is 0 Å². The minimum absolute atomic E-state index is 0.344. The summed E-state index contributed by atoms with van der Waals surface area (Å²) in [6.45, 7) is 2.25. The van der Waals surface area contributed by atoms with Crippen molar-refractivity contribution in [2.75, 3.05) is 0 Å². The Balaban J connectivity index is 0. The molecule has 0 radical (unpaired) electrons. The summed E-state index contributed by atoms with van der Waals surface area (Å²) in [4.78, 5) is 19.4. The maximum absolute atomic E-state index is 10.3. The Morgan fingerprint density at radius 2 is 1.05 bits per heavy atom. The van der Waals surface area contributed by atoms with Crippen LogP contribution < -0.4 is 0 Å². The third kappa shape index (κ3) is 30.7. The molecule has 0 bridgehead atoms. The highest BCUT2D eigenvalue weighted by atomic mass is 32.2. The molecule has 0 unspecified atom stereocenters. The second-order valence-electron chi connectivity index (χ2n) is 4.96. The maximum Gasteiger partial charge on any atom is 0.303 e. The predicted octanol–water partition coefficient (Wildman–Crippen LogP) is 5.74. The topological polar surface area (TPSA) is 54.4 Å². The molecule has 0 aromatic carbocycles. The Morgan fingerprint density at radius 3 is 1.35 bits per heavy atom. The molecule has 0 rings (SSSR count). The van der Waals surface area contributed by atoms with E-state index in [4.69, 9.17) is 5.11 Å². The van der Waals surface area contributed by atoms with Crippen molar-refractivity contribution in [1.82, 2.24) is 0 Å². The molecule has 0 amide bonds. The summed E-state index contributed by atoms with van der Waals surface area (Å²) in [5.74, 6) is -0.657. The molecule has 120 valence electrons. The lowest BCUT2D eigenvalue weighted by atomic mass is 10.1. The van der Waals surface area contributed by atoms with Gasteiger partial charge in [0.2, 0.25) is 4.45 Å². The van der Waals surface area contributed by atoms with Crippen LogP contribution in [0.25, 0.3) is 0 Å². The van der Waals surface area contributed by atoms with Crippen LogP contribution in [-0.2, 0) is 4.79 Å². The normalized spacial score (nSPS) is 9.75. The summed E-state index contributed by atoms with van der Waals surface area (Å²) in [6, 6.07) is 0. The summed E-state index contributed by atoms with van der Waals surface area (Å²) in [6.07, 6.45) is 14.4. The van der Waals surface area contributed by atoms with E-state index in [0.717, 1.165) is 12.8 Å². The van der Waals surface area contributed by atoms with Gasteiger partial charge in [-0.15, -0.1) is 0 Å². The number of carboxylic acid groups (broad SMARTS) is 1. The number of carboxylic acids is 1. The first kappa shape index (κ1) is 22.1. The lowest BCUT2D eigenvalue weighted by molar-refractivity contribution is -0.137. The molecule has 0 aliphatic heterocycles. The van der Waals surface area contributed by atoms with Crippen LogP contribution in [0.2, 0.25) is 0 Å². The molecule has 0 atom stereocenters. The van der Waals surface area contributed by atoms with Gasteiger partial charge >= 0.3 is 5.97 Å². The molecule has 0 saturated carbocycles. The molecule has 0 fully saturated rings. The second-order valence-corrected chi connectivity index (χ2v) is 6.13. The summed E-state index contributed by atoms with van der Waals surface area (Å²) in [5, 5.41) is 8.46. The Kier molecular flexibility index (Phi) is 20.8. The zero-order valence-corrected chi connectivity index (χ0v) is 14.4. The highest BCUT2D eigenvalue weighted by molar-refractivity contribution is 8.23. The van der Waals surface area contributed by atoms with Crippen LogP contribution in [0.3, 0.4) is 0 Å². The van der Waals surface area contributed by atoms with Crippen molar-refractivity contribution in [3.8, 4) is 0 Å². The van der Waals surface area contributed by atoms with Gasteiger partial charge in [-0.25, -0.2) is 0 Å². The smallest absolute Gasteiger partial charge is 0.303 e. The Hall–Kier alpha value is -0.160. The molecular weight excluding hydrogens is 292 g/mol. The zero-order chi connectivity index (χ0) is 15.6. The summed E-state index contributed by atoms with van der Waals surface area (Å²) < 4.78 is -0.444. The molecule has 0 aliphatic rings. The SMILES string of the molecule is CCCCCCCCCCCCCC(=O)O.O=C(S)S. The minimum Gasteiger partial charge on any atom is -0.481 e. The van der Waals surface area contributed by atoms with Crippen LogP contribution in [0.5, 0.6) is 0 Å². The molecular formula is C15H30O3S2. The van der Waals surface area contributed by atoms with Gasteiger partial charge in [-0.3, -0.25) is 9.59 Å². The van der Waals surface area contributed by atoms with Crippen molar-refractivity contribution >= 4 is 35.7 Å². The van der Waals surface area contributed by atoms with Crippen molar-refractivity contribution in [3.05, 3.63) is 0 Å². The molecule has 0 aliphatic carbocycles. The summed E-state index contributed by atoms with van der Waals surface area (Å²) >= 11 is 6.38. The fraction of sp³-hybridized carbons (Fsp3) is 0.867. The number of rotatable bonds is 12. The Morgan fingerprint density at radius 1 is 0.750 bits per heavy atom. The van der Waals surface area contributed by atoms with E-state index in [1.54, 1.807) is 0 Å². The highest BCUT2D eigenvalue weighted by Gasteiger charge is 1.96. The third-order valence-electron chi connectivity index (χ3n) is 2.99. The van der Waals surface area contributed by atoms with E-state index in [1.165, 1.54) is 57.8 Å². The van der Waals surface area contributed by atoms with Gasteiger partial charge in [-0.1, -0.05) is 96.4 Å². The van der Waals surface area contributed by atoms with E-state index < -0.39 is 10.4 Å². The van der Waals surface area contributed by atoms with Crippen LogP contribution in [0, 0.1) is 0 Å². The number of hydrogen-bond donors (Lipinski definition) is 3. The quantitative estimate of drug-likeness (QED) is 0.317. The number of hydrogen-bond acceptors (Lipinski definition) is 2.